The molecule has 23 heavy (non-hydrogen) atoms. The van der Waals surface area contributed by atoms with E-state index in [1.807, 2.05) is 0 Å². The van der Waals surface area contributed by atoms with E-state index >= 15 is 0 Å². The van der Waals surface area contributed by atoms with E-state index in [0.717, 1.165) is 32.1 Å². The molecule has 0 spiro atoms. The number of ether oxygens (including phenoxy) is 1. The monoisotopic (exact) mass is 319 g/mol. The largest absolute Gasteiger partial charge is 0.454 e. The summed E-state index contributed by atoms with van der Waals surface area (Å²) in [7, 11) is 0. The zero-order chi connectivity index (χ0) is 17.1. The molecule has 1 aliphatic rings. The Kier molecular flexibility index (Phi) is 5.39. The van der Waals surface area contributed by atoms with Crippen molar-refractivity contribution in [3.8, 4) is 0 Å². The van der Waals surface area contributed by atoms with Crippen LogP contribution in [0, 0.1) is 19.8 Å². The summed E-state index contributed by atoms with van der Waals surface area (Å²) in [6.07, 6.45) is 4.08. The highest BCUT2D eigenvalue weighted by Crippen LogP contribution is 2.26. The fourth-order valence-corrected chi connectivity index (χ4v) is 3.39. The molecule has 1 heterocycles. The van der Waals surface area contributed by atoms with Gasteiger partial charge in [-0.05, 0) is 46.1 Å². The summed E-state index contributed by atoms with van der Waals surface area (Å²) in [6.45, 7) is 6.57. The molecule has 5 heteroatoms. The van der Waals surface area contributed by atoms with Crippen LogP contribution in [0.25, 0.3) is 0 Å². The lowest BCUT2D eigenvalue weighted by molar-refractivity contribution is -0.152. The lowest BCUT2D eigenvalue weighted by Gasteiger charge is -2.21. The smallest absolute Gasteiger partial charge is 0.309 e. The van der Waals surface area contributed by atoms with Gasteiger partial charge in [0.05, 0.1) is 11.6 Å². The number of aromatic amines is 1. The van der Waals surface area contributed by atoms with Crippen LogP contribution in [-0.2, 0) is 9.53 Å². The van der Waals surface area contributed by atoms with Crippen molar-refractivity contribution >= 4 is 17.5 Å². The third-order valence-corrected chi connectivity index (χ3v) is 4.64. The second-order valence-corrected chi connectivity index (χ2v) is 6.46. The number of aryl methyl sites for hydroxylation is 1. The molecular weight excluding hydrogens is 294 g/mol. The summed E-state index contributed by atoms with van der Waals surface area (Å²) in [5.41, 5.74) is 2.19. The van der Waals surface area contributed by atoms with Crippen LogP contribution < -0.4 is 0 Å². The van der Waals surface area contributed by atoms with Crippen LogP contribution in [0.3, 0.4) is 0 Å². The molecule has 1 aliphatic carbocycles. The number of esters is 1. The molecule has 1 aromatic heterocycles. The molecule has 0 bridgehead atoms. The van der Waals surface area contributed by atoms with Gasteiger partial charge in [-0.25, -0.2) is 0 Å². The molecule has 0 unspecified atom stereocenters. The molecule has 5 nitrogen and oxygen atoms in total. The fraction of sp³-hybridized carbons (Fsp3) is 0.611. The third-order valence-electron chi connectivity index (χ3n) is 4.64. The van der Waals surface area contributed by atoms with E-state index in [1.165, 1.54) is 6.92 Å². The first kappa shape index (κ1) is 17.4. The van der Waals surface area contributed by atoms with Gasteiger partial charge >= 0.3 is 5.97 Å². The Labute approximate surface area is 136 Å². The Morgan fingerprint density at radius 3 is 2.26 bits per heavy atom. The molecule has 1 N–H and O–H groups in total. The zero-order valence-electron chi connectivity index (χ0n) is 14.3. The van der Waals surface area contributed by atoms with E-state index in [2.05, 4.69) is 4.98 Å². The first-order valence-electron chi connectivity index (χ1n) is 8.27. The van der Waals surface area contributed by atoms with Crippen molar-refractivity contribution in [2.75, 3.05) is 0 Å². The maximum absolute atomic E-state index is 12.6. The molecule has 0 radical (unpaired) electrons. The maximum Gasteiger partial charge on any atom is 0.309 e. The number of nitrogens with one attached hydrogen (secondary N) is 1. The van der Waals surface area contributed by atoms with Crippen LogP contribution in [0.5, 0.6) is 0 Å². The van der Waals surface area contributed by atoms with Crippen molar-refractivity contribution < 1.29 is 19.1 Å². The van der Waals surface area contributed by atoms with Gasteiger partial charge in [-0.15, -0.1) is 0 Å². The highest BCUT2D eigenvalue weighted by atomic mass is 16.5. The number of ketones is 2. The van der Waals surface area contributed by atoms with E-state index in [4.69, 9.17) is 4.74 Å². The molecule has 0 aliphatic heterocycles. The second kappa shape index (κ2) is 7.11. The number of hydrogen-bond acceptors (Lipinski definition) is 4. The summed E-state index contributed by atoms with van der Waals surface area (Å²) < 4.78 is 5.38. The predicted octanol–water partition coefficient (Wildman–Crippen LogP) is 3.53. The van der Waals surface area contributed by atoms with Crippen molar-refractivity contribution in [2.24, 2.45) is 5.92 Å². The van der Waals surface area contributed by atoms with Crippen LogP contribution in [0.15, 0.2) is 0 Å². The van der Waals surface area contributed by atoms with Gasteiger partial charge in [-0.1, -0.05) is 19.3 Å². The van der Waals surface area contributed by atoms with Crippen molar-refractivity contribution in [3.63, 3.8) is 0 Å². The average Bonchev–Trinajstić information content (AvgIpc) is 2.82. The number of hydrogen-bond donors (Lipinski definition) is 1. The standard InChI is InChI=1S/C18H25NO4/c1-10-15(12(3)20)11(2)19-16(10)17(21)13(4)23-18(22)14-8-6-5-7-9-14/h13-14,19H,5-9H2,1-4H3/t13-/m0/s1. The number of carbonyl (C=O) groups excluding carboxylic acids is 3. The molecule has 0 aromatic carbocycles. The van der Waals surface area contributed by atoms with Crippen LogP contribution >= 0.6 is 0 Å². The summed E-state index contributed by atoms with van der Waals surface area (Å²) in [5, 5.41) is 0. The molecule has 1 fully saturated rings. The molecule has 2 rings (SSSR count). The third kappa shape index (κ3) is 3.71. The van der Waals surface area contributed by atoms with Gasteiger partial charge in [0.25, 0.3) is 0 Å². The molecule has 1 atom stereocenters. The SMILES string of the molecule is CC(=O)c1c(C)[nH]c(C(=O)[C@H](C)OC(=O)C2CCCCC2)c1C. The van der Waals surface area contributed by atoms with Crippen LogP contribution in [0.4, 0.5) is 0 Å². The van der Waals surface area contributed by atoms with Crippen molar-refractivity contribution in [2.45, 2.75) is 65.9 Å². The first-order chi connectivity index (χ1) is 10.8. The van der Waals surface area contributed by atoms with Gasteiger partial charge in [-0.3, -0.25) is 14.4 Å². The van der Waals surface area contributed by atoms with Crippen LogP contribution in [0.1, 0.15) is 78.1 Å². The summed E-state index contributed by atoms with van der Waals surface area (Å²) in [4.78, 5) is 39.3. The quantitative estimate of drug-likeness (QED) is 0.665. The van der Waals surface area contributed by atoms with E-state index in [9.17, 15) is 14.4 Å². The molecule has 126 valence electrons. The minimum atomic E-state index is -0.846. The van der Waals surface area contributed by atoms with Gasteiger partial charge in [-0.2, -0.15) is 0 Å². The maximum atomic E-state index is 12.6. The number of H-pyrrole nitrogens is 1. The van der Waals surface area contributed by atoms with Crippen molar-refractivity contribution in [1.29, 1.82) is 0 Å². The van der Waals surface area contributed by atoms with E-state index in [0.29, 0.717) is 22.5 Å². The lowest BCUT2D eigenvalue weighted by Crippen LogP contribution is -2.29. The Balaban J connectivity index is 2.09. The predicted molar refractivity (Wildman–Crippen MR) is 86.7 cm³/mol. The van der Waals surface area contributed by atoms with Gasteiger partial charge in [0.2, 0.25) is 5.78 Å². The summed E-state index contributed by atoms with van der Waals surface area (Å²) in [5.74, 6) is -0.735. The van der Waals surface area contributed by atoms with Gasteiger partial charge in [0.15, 0.2) is 11.9 Å². The first-order valence-corrected chi connectivity index (χ1v) is 8.27. The Bertz CT molecular complexity index is 623. The number of carbonyl (C=O) groups is 3. The number of rotatable bonds is 5. The number of Topliss-reactive ketones (excluding diaryl/α,β-unsaturated/α-hetero) is 2. The number of aromatic nitrogens is 1. The minimum absolute atomic E-state index is 0.0813. The van der Waals surface area contributed by atoms with Crippen LogP contribution in [0.2, 0.25) is 0 Å². The molecule has 0 saturated heterocycles. The van der Waals surface area contributed by atoms with Gasteiger partial charge in [0.1, 0.15) is 0 Å². The normalized spacial score (nSPS) is 16.9. The zero-order valence-corrected chi connectivity index (χ0v) is 14.3. The molecule has 1 saturated carbocycles. The Morgan fingerprint density at radius 1 is 1.13 bits per heavy atom. The molecule has 1 aromatic rings. The van der Waals surface area contributed by atoms with E-state index in [-0.39, 0.29) is 23.5 Å². The minimum Gasteiger partial charge on any atom is -0.454 e. The topological polar surface area (TPSA) is 76.2 Å². The van der Waals surface area contributed by atoms with Crippen molar-refractivity contribution in [3.05, 3.63) is 22.5 Å². The van der Waals surface area contributed by atoms with E-state index < -0.39 is 6.10 Å². The average molecular weight is 319 g/mol. The molecule has 0 amide bonds. The van der Waals surface area contributed by atoms with Crippen LogP contribution in [-0.4, -0.2) is 28.6 Å². The fourth-order valence-electron chi connectivity index (χ4n) is 3.39. The van der Waals surface area contributed by atoms with Crippen molar-refractivity contribution in [1.82, 2.24) is 4.98 Å². The van der Waals surface area contributed by atoms with Gasteiger partial charge < -0.3 is 9.72 Å². The second-order valence-electron chi connectivity index (χ2n) is 6.46. The Morgan fingerprint density at radius 2 is 1.74 bits per heavy atom. The highest BCUT2D eigenvalue weighted by molar-refractivity contribution is 6.05. The molecular formula is C18H25NO4. The van der Waals surface area contributed by atoms with Gasteiger partial charge in [0, 0.05) is 11.3 Å². The Hall–Kier alpha value is -1.91. The summed E-state index contributed by atoms with van der Waals surface area (Å²) >= 11 is 0. The van der Waals surface area contributed by atoms with E-state index in [1.54, 1.807) is 20.8 Å². The highest BCUT2D eigenvalue weighted by Gasteiger charge is 2.29. The summed E-state index contributed by atoms with van der Waals surface area (Å²) in [6, 6.07) is 0. The lowest BCUT2D eigenvalue weighted by atomic mass is 9.89.